The molecule has 1 unspecified atom stereocenters. The Bertz CT molecular complexity index is 967. The zero-order valence-electron chi connectivity index (χ0n) is 44.3. The Kier molecular flexibility index (Phi) is 53.7. The molecular weight excluding hydrogens is 805 g/mol. The van der Waals surface area contributed by atoms with Crippen molar-refractivity contribution >= 4 is 17.9 Å². The van der Waals surface area contributed by atoms with E-state index >= 15 is 0 Å². The second-order valence-corrected chi connectivity index (χ2v) is 20.3. The van der Waals surface area contributed by atoms with Gasteiger partial charge < -0.3 is 14.2 Å². The zero-order valence-corrected chi connectivity index (χ0v) is 44.3. The van der Waals surface area contributed by atoms with Crippen LogP contribution in [0.4, 0.5) is 0 Å². The number of carbonyl (C=O) groups is 3. The van der Waals surface area contributed by atoms with E-state index in [0.717, 1.165) is 57.8 Å². The fourth-order valence-corrected chi connectivity index (χ4v) is 9.15. The number of esters is 3. The number of rotatable bonds is 55. The van der Waals surface area contributed by atoms with Crippen molar-refractivity contribution in [2.45, 2.75) is 348 Å². The van der Waals surface area contributed by atoms with Gasteiger partial charge in [-0.15, -0.1) is 0 Å². The van der Waals surface area contributed by atoms with Crippen molar-refractivity contribution in [2.75, 3.05) is 13.2 Å². The number of ether oxygens (including phenoxy) is 3. The fraction of sp³-hybridized carbons (Fsp3) is 0.949. The molecular formula is C59H114O6. The number of carbonyl (C=O) groups excluding carboxylic acids is 3. The second kappa shape index (κ2) is 55.0. The Balaban J connectivity index is 3.99. The van der Waals surface area contributed by atoms with Gasteiger partial charge in [0, 0.05) is 19.3 Å². The molecule has 6 nitrogen and oxygen atoms in total. The Morgan fingerprint density at radius 2 is 0.415 bits per heavy atom. The maximum absolute atomic E-state index is 12.8. The van der Waals surface area contributed by atoms with Crippen molar-refractivity contribution in [2.24, 2.45) is 0 Å². The van der Waals surface area contributed by atoms with Gasteiger partial charge in [0.15, 0.2) is 6.10 Å². The lowest BCUT2D eigenvalue weighted by molar-refractivity contribution is -0.167. The highest BCUT2D eigenvalue weighted by atomic mass is 16.6. The molecule has 0 rings (SSSR count). The average Bonchev–Trinajstić information content (AvgIpc) is 3.30. The zero-order chi connectivity index (χ0) is 47.2. The molecule has 0 saturated carbocycles. The van der Waals surface area contributed by atoms with Gasteiger partial charge in [-0.05, 0) is 19.3 Å². The SMILES string of the molecule is CCCCCCCCCCCCCCCCCCCCCCCCCCCCC(=O)OCC(COC(=O)CCCCCCCC)OC(=O)CCCCCCCCCCCCCCCCC. The van der Waals surface area contributed by atoms with Gasteiger partial charge in [-0.1, -0.05) is 303 Å². The van der Waals surface area contributed by atoms with Gasteiger partial charge in [0.05, 0.1) is 0 Å². The van der Waals surface area contributed by atoms with Crippen LogP contribution in [-0.4, -0.2) is 37.2 Å². The number of hydrogen-bond acceptors (Lipinski definition) is 6. The van der Waals surface area contributed by atoms with Crippen molar-refractivity contribution < 1.29 is 28.6 Å². The van der Waals surface area contributed by atoms with Crippen molar-refractivity contribution in [3.8, 4) is 0 Å². The Morgan fingerprint density at radius 1 is 0.246 bits per heavy atom. The monoisotopic (exact) mass is 919 g/mol. The summed E-state index contributed by atoms with van der Waals surface area (Å²) < 4.78 is 16.8. The van der Waals surface area contributed by atoms with Crippen molar-refractivity contribution in [1.29, 1.82) is 0 Å². The summed E-state index contributed by atoms with van der Waals surface area (Å²) in [6.45, 7) is 6.64. The molecule has 0 amide bonds. The molecule has 0 N–H and O–H groups in total. The summed E-state index contributed by atoms with van der Waals surface area (Å²) in [5.74, 6) is -0.847. The van der Waals surface area contributed by atoms with Gasteiger partial charge in [-0.3, -0.25) is 14.4 Å². The van der Waals surface area contributed by atoms with E-state index in [9.17, 15) is 14.4 Å². The van der Waals surface area contributed by atoms with Crippen LogP contribution in [0, 0.1) is 0 Å². The molecule has 0 aromatic carbocycles. The molecule has 0 aliphatic heterocycles. The molecule has 0 aliphatic carbocycles. The number of unbranched alkanes of at least 4 members (excludes halogenated alkanes) is 44. The van der Waals surface area contributed by atoms with E-state index < -0.39 is 6.10 Å². The summed E-state index contributed by atoms with van der Waals surface area (Å²) in [6, 6.07) is 0. The minimum absolute atomic E-state index is 0.0623. The Hall–Kier alpha value is -1.59. The van der Waals surface area contributed by atoms with Crippen LogP contribution in [0.5, 0.6) is 0 Å². The summed E-state index contributed by atoms with van der Waals surface area (Å²) in [5.41, 5.74) is 0. The topological polar surface area (TPSA) is 78.9 Å². The molecule has 0 radical (unpaired) electrons. The minimum Gasteiger partial charge on any atom is -0.462 e. The molecule has 386 valence electrons. The smallest absolute Gasteiger partial charge is 0.306 e. The lowest BCUT2D eigenvalue weighted by atomic mass is 10.0. The van der Waals surface area contributed by atoms with Crippen LogP contribution in [0.3, 0.4) is 0 Å². The highest BCUT2D eigenvalue weighted by molar-refractivity contribution is 5.71. The van der Waals surface area contributed by atoms with E-state index in [1.807, 2.05) is 0 Å². The van der Waals surface area contributed by atoms with E-state index in [4.69, 9.17) is 14.2 Å². The highest BCUT2D eigenvalue weighted by Gasteiger charge is 2.19. The van der Waals surface area contributed by atoms with Crippen molar-refractivity contribution in [3.05, 3.63) is 0 Å². The molecule has 0 aliphatic rings. The minimum atomic E-state index is -0.759. The summed E-state index contributed by atoms with van der Waals surface area (Å²) in [4.78, 5) is 37.8. The first kappa shape index (κ1) is 63.4. The first-order chi connectivity index (χ1) is 32.0. The summed E-state index contributed by atoms with van der Waals surface area (Å²) in [6.07, 6.45) is 61.4. The maximum Gasteiger partial charge on any atom is 0.306 e. The molecule has 1 atom stereocenters. The van der Waals surface area contributed by atoms with Crippen LogP contribution in [-0.2, 0) is 28.6 Å². The van der Waals surface area contributed by atoms with Crippen molar-refractivity contribution in [1.82, 2.24) is 0 Å². The van der Waals surface area contributed by atoms with Gasteiger partial charge in [-0.2, -0.15) is 0 Å². The van der Waals surface area contributed by atoms with Gasteiger partial charge in [0.2, 0.25) is 0 Å². The maximum atomic E-state index is 12.8. The van der Waals surface area contributed by atoms with E-state index in [-0.39, 0.29) is 31.1 Å². The lowest BCUT2D eigenvalue weighted by Crippen LogP contribution is -2.30. The molecule has 0 fully saturated rings. The molecule has 0 bridgehead atoms. The van der Waals surface area contributed by atoms with Crippen LogP contribution in [0.1, 0.15) is 342 Å². The molecule has 0 aromatic heterocycles. The van der Waals surface area contributed by atoms with Gasteiger partial charge in [0.25, 0.3) is 0 Å². The fourth-order valence-electron chi connectivity index (χ4n) is 9.15. The van der Waals surface area contributed by atoms with Crippen LogP contribution in [0.15, 0.2) is 0 Å². The first-order valence-corrected chi connectivity index (χ1v) is 29.5. The van der Waals surface area contributed by atoms with E-state index in [1.165, 1.54) is 244 Å². The van der Waals surface area contributed by atoms with Gasteiger partial charge in [-0.25, -0.2) is 0 Å². The van der Waals surface area contributed by atoms with Crippen LogP contribution < -0.4 is 0 Å². The normalized spacial score (nSPS) is 11.9. The van der Waals surface area contributed by atoms with Crippen LogP contribution >= 0.6 is 0 Å². The van der Waals surface area contributed by atoms with Crippen LogP contribution in [0.25, 0.3) is 0 Å². The van der Waals surface area contributed by atoms with E-state index in [2.05, 4.69) is 20.8 Å². The van der Waals surface area contributed by atoms with Gasteiger partial charge >= 0.3 is 17.9 Å². The lowest BCUT2D eigenvalue weighted by Gasteiger charge is -2.18. The first-order valence-electron chi connectivity index (χ1n) is 29.5. The molecule has 6 heteroatoms. The predicted molar refractivity (Wildman–Crippen MR) is 280 cm³/mol. The molecule has 65 heavy (non-hydrogen) atoms. The van der Waals surface area contributed by atoms with Crippen molar-refractivity contribution in [3.63, 3.8) is 0 Å². The molecule has 0 spiro atoms. The van der Waals surface area contributed by atoms with E-state index in [0.29, 0.717) is 19.3 Å². The molecule has 0 aromatic rings. The third kappa shape index (κ3) is 53.2. The summed E-state index contributed by atoms with van der Waals surface area (Å²) in [7, 11) is 0. The molecule has 0 saturated heterocycles. The Morgan fingerprint density at radius 3 is 0.615 bits per heavy atom. The summed E-state index contributed by atoms with van der Waals surface area (Å²) in [5, 5.41) is 0. The third-order valence-corrected chi connectivity index (χ3v) is 13.6. The Labute approximate surface area is 406 Å². The largest absolute Gasteiger partial charge is 0.462 e. The number of hydrogen-bond donors (Lipinski definition) is 0. The second-order valence-electron chi connectivity index (χ2n) is 20.3. The molecule has 0 heterocycles. The van der Waals surface area contributed by atoms with Gasteiger partial charge in [0.1, 0.15) is 13.2 Å². The van der Waals surface area contributed by atoms with E-state index in [1.54, 1.807) is 0 Å². The quantitative estimate of drug-likeness (QED) is 0.0344. The predicted octanol–water partition coefficient (Wildman–Crippen LogP) is 19.5. The third-order valence-electron chi connectivity index (χ3n) is 13.6. The standard InChI is InChI=1S/C59H114O6/c1-4-7-10-13-16-18-20-22-24-25-26-27-28-29-30-31-32-33-34-36-37-39-41-43-46-49-52-58(61)64-55-56(54-63-57(60)51-48-45-15-12-9-6-3)65-59(62)53-50-47-44-42-40-38-35-23-21-19-17-14-11-8-5-2/h56H,4-55H2,1-3H3. The average molecular weight is 920 g/mol. The van der Waals surface area contributed by atoms with Crippen LogP contribution in [0.2, 0.25) is 0 Å². The highest BCUT2D eigenvalue weighted by Crippen LogP contribution is 2.18. The summed E-state index contributed by atoms with van der Waals surface area (Å²) >= 11 is 0.